The van der Waals surface area contributed by atoms with Gasteiger partial charge in [-0.15, -0.1) is 0 Å². The van der Waals surface area contributed by atoms with Crippen LogP contribution in [-0.4, -0.2) is 22.8 Å². The number of nitro groups is 1. The molecule has 0 aliphatic rings. The average molecular weight is 265 g/mol. The average Bonchev–Trinajstić information content (AvgIpc) is 2.37. The van der Waals surface area contributed by atoms with Gasteiger partial charge in [0.05, 0.1) is 11.0 Å². The van der Waals surface area contributed by atoms with Crippen LogP contribution in [-0.2, 0) is 4.79 Å². The molecule has 1 aromatic carbocycles. The number of nitro benzene ring substituents is 1. The molecular weight excluding hydrogens is 250 g/mol. The fourth-order valence-electron chi connectivity index (χ4n) is 1.45. The molecule has 1 aromatic rings. The van der Waals surface area contributed by atoms with E-state index in [4.69, 9.17) is 0 Å². The Kier molecular flexibility index (Phi) is 4.99. The van der Waals surface area contributed by atoms with E-state index >= 15 is 0 Å². The van der Waals surface area contributed by atoms with Crippen LogP contribution in [0.3, 0.4) is 0 Å². The number of nitrogens with one attached hydrogen (secondary N) is 2. The lowest BCUT2D eigenvalue weighted by Gasteiger charge is -2.12. The molecule has 0 saturated heterocycles. The number of carbonyl (C=O) groups excluding carboxylic acids is 2. The van der Waals surface area contributed by atoms with Crippen molar-refractivity contribution in [1.29, 1.82) is 0 Å². The topological polar surface area (TPSA) is 101 Å². The first kappa shape index (κ1) is 14.6. The third kappa shape index (κ3) is 4.38. The van der Waals surface area contributed by atoms with Crippen molar-refractivity contribution in [2.24, 2.45) is 0 Å². The number of Topliss-reactive ketones (excluding diaryl/α,β-unsaturated/α-hetero) is 1. The van der Waals surface area contributed by atoms with E-state index in [1.54, 1.807) is 13.8 Å². The Morgan fingerprint density at radius 3 is 2.68 bits per heavy atom. The van der Waals surface area contributed by atoms with Crippen LogP contribution in [0.15, 0.2) is 24.3 Å². The van der Waals surface area contributed by atoms with Gasteiger partial charge in [-0.05, 0) is 13.0 Å². The van der Waals surface area contributed by atoms with E-state index in [-0.39, 0.29) is 11.5 Å². The van der Waals surface area contributed by atoms with Crippen LogP contribution in [0.1, 0.15) is 20.3 Å². The number of urea groups is 1. The van der Waals surface area contributed by atoms with Crippen molar-refractivity contribution in [3.05, 3.63) is 34.4 Å². The summed E-state index contributed by atoms with van der Waals surface area (Å²) in [5.74, 6) is -0.0887. The second-order valence-electron chi connectivity index (χ2n) is 3.95. The van der Waals surface area contributed by atoms with Gasteiger partial charge in [-0.3, -0.25) is 14.9 Å². The zero-order valence-corrected chi connectivity index (χ0v) is 10.7. The molecule has 1 atom stereocenters. The molecule has 7 nitrogen and oxygen atoms in total. The van der Waals surface area contributed by atoms with E-state index in [2.05, 4.69) is 10.6 Å². The Bertz CT molecular complexity index is 502. The molecular formula is C12H15N3O4. The summed E-state index contributed by atoms with van der Waals surface area (Å²) in [6.45, 7) is 3.29. The summed E-state index contributed by atoms with van der Waals surface area (Å²) in [5.41, 5.74) is 0.179. The van der Waals surface area contributed by atoms with E-state index in [9.17, 15) is 19.7 Å². The Labute approximate surface area is 110 Å². The standard InChI is InChI=1S/C12H15N3O4/c1-3-11(16)8(2)13-12(17)14-9-5-4-6-10(7-9)15(18)19/h4-8H,3H2,1-2H3,(H2,13,14,17). The number of carbonyl (C=O) groups is 2. The molecule has 0 radical (unpaired) electrons. The number of amides is 2. The number of nitrogens with zero attached hydrogens (tertiary/aromatic N) is 1. The van der Waals surface area contributed by atoms with Crippen molar-refractivity contribution in [3.8, 4) is 0 Å². The van der Waals surface area contributed by atoms with Gasteiger partial charge in [-0.25, -0.2) is 4.79 Å². The Morgan fingerprint density at radius 1 is 1.42 bits per heavy atom. The second kappa shape index (κ2) is 6.48. The zero-order chi connectivity index (χ0) is 14.4. The van der Waals surface area contributed by atoms with Gasteiger partial charge in [-0.2, -0.15) is 0 Å². The van der Waals surface area contributed by atoms with E-state index in [0.717, 1.165) is 0 Å². The highest BCUT2D eigenvalue weighted by molar-refractivity contribution is 5.94. The molecule has 102 valence electrons. The fourth-order valence-corrected chi connectivity index (χ4v) is 1.45. The normalized spacial score (nSPS) is 11.5. The van der Waals surface area contributed by atoms with Crippen molar-refractivity contribution in [3.63, 3.8) is 0 Å². The van der Waals surface area contributed by atoms with Gasteiger partial charge >= 0.3 is 6.03 Å². The van der Waals surface area contributed by atoms with E-state index in [0.29, 0.717) is 12.1 Å². The molecule has 0 aliphatic carbocycles. The summed E-state index contributed by atoms with van der Waals surface area (Å²) in [7, 11) is 0. The molecule has 0 spiro atoms. The smallest absolute Gasteiger partial charge is 0.319 e. The van der Waals surface area contributed by atoms with Crippen molar-refractivity contribution in [2.45, 2.75) is 26.3 Å². The lowest BCUT2D eigenvalue weighted by Crippen LogP contribution is -2.40. The highest BCUT2D eigenvalue weighted by atomic mass is 16.6. The van der Waals surface area contributed by atoms with E-state index in [1.807, 2.05) is 0 Å². The molecule has 1 unspecified atom stereocenters. The predicted octanol–water partition coefficient (Wildman–Crippen LogP) is 2.08. The molecule has 19 heavy (non-hydrogen) atoms. The molecule has 1 rings (SSSR count). The van der Waals surface area contributed by atoms with Gasteiger partial charge in [0.25, 0.3) is 5.69 Å². The minimum Gasteiger partial charge on any atom is -0.328 e. The molecule has 0 aromatic heterocycles. The minimum absolute atomic E-state index is 0.0887. The number of hydrogen-bond donors (Lipinski definition) is 2. The molecule has 7 heteroatoms. The van der Waals surface area contributed by atoms with Crippen LogP contribution in [0.4, 0.5) is 16.2 Å². The van der Waals surface area contributed by atoms with Crippen LogP contribution < -0.4 is 10.6 Å². The van der Waals surface area contributed by atoms with Crippen LogP contribution in [0.25, 0.3) is 0 Å². The SMILES string of the molecule is CCC(=O)C(C)NC(=O)Nc1cccc([N+](=O)[O-])c1. The van der Waals surface area contributed by atoms with Crippen LogP contribution in [0, 0.1) is 10.1 Å². The molecule has 0 aliphatic heterocycles. The first-order chi connectivity index (χ1) is 8.93. The molecule has 2 amide bonds. The first-order valence-electron chi connectivity index (χ1n) is 5.78. The Balaban J connectivity index is 2.64. The maximum absolute atomic E-state index is 11.6. The van der Waals surface area contributed by atoms with Gasteiger partial charge in [0.2, 0.25) is 0 Å². The summed E-state index contributed by atoms with van der Waals surface area (Å²) in [6.07, 6.45) is 0.332. The Hall–Kier alpha value is -2.44. The number of rotatable bonds is 5. The molecule has 2 N–H and O–H groups in total. The van der Waals surface area contributed by atoms with Crippen molar-refractivity contribution in [2.75, 3.05) is 5.32 Å². The fraction of sp³-hybridized carbons (Fsp3) is 0.333. The molecule has 0 bridgehead atoms. The molecule has 0 fully saturated rings. The molecule has 0 heterocycles. The maximum Gasteiger partial charge on any atom is 0.319 e. The predicted molar refractivity (Wildman–Crippen MR) is 70.0 cm³/mol. The summed E-state index contributed by atoms with van der Waals surface area (Å²) < 4.78 is 0. The number of benzene rings is 1. The van der Waals surface area contributed by atoms with Crippen molar-refractivity contribution < 1.29 is 14.5 Å². The number of non-ortho nitro benzene ring substituents is 1. The van der Waals surface area contributed by atoms with Gasteiger partial charge in [-0.1, -0.05) is 13.0 Å². The van der Waals surface area contributed by atoms with Crippen molar-refractivity contribution >= 4 is 23.2 Å². The van der Waals surface area contributed by atoms with Gasteiger partial charge in [0, 0.05) is 24.2 Å². The highest BCUT2D eigenvalue weighted by Crippen LogP contribution is 2.16. The van der Waals surface area contributed by atoms with Gasteiger partial charge in [0.1, 0.15) is 0 Å². The summed E-state index contributed by atoms with van der Waals surface area (Å²) >= 11 is 0. The van der Waals surface area contributed by atoms with Crippen LogP contribution >= 0.6 is 0 Å². The Morgan fingerprint density at radius 2 is 2.11 bits per heavy atom. The summed E-state index contributed by atoms with van der Waals surface area (Å²) in [5, 5.41) is 15.5. The van der Waals surface area contributed by atoms with E-state index < -0.39 is 17.0 Å². The minimum atomic E-state index is -0.594. The lowest BCUT2D eigenvalue weighted by molar-refractivity contribution is -0.384. The monoisotopic (exact) mass is 265 g/mol. The third-order valence-electron chi connectivity index (χ3n) is 2.49. The first-order valence-corrected chi connectivity index (χ1v) is 5.78. The van der Waals surface area contributed by atoms with Crippen LogP contribution in [0.5, 0.6) is 0 Å². The van der Waals surface area contributed by atoms with Gasteiger partial charge < -0.3 is 10.6 Å². The number of hydrogen-bond acceptors (Lipinski definition) is 4. The summed E-state index contributed by atoms with van der Waals surface area (Å²) in [4.78, 5) is 32.9. The third-order valence-corrected chi connectivity index (χ3v) is 2.49. The molecule has 0 saturated carbocycles. The van der Waals surface area contributed by atoms with E-state index in [1.165, 1.54) is 24.3 Å². The summed E-state index contributed by atoms with van der Waals surface area (Å²) in [6, 6.07) is 4.39. The zero-order valence-electron chi connectivity index (χ0n) is 10.7. The maximum atomic E-state index is 11.6. The number of ketones is 1. The number of anilines is 1. The second-order valence-corrected chi connectivity index (χ2v) is 3.95. The highest BCUT2D eigenvalue weighted by Gasteiger charge is 2.14. The largest absolute Gasteiger partial charge is 0.328 e. The quantitative estimate of drug-likeness (QED) is 0.628. The van der Waals surface area contributed by atoms with Crippen LogP contribution in [0.2, 0.25) is 0 Å². The van der Waals surface area contributed by atoms with Crippen molar-refractivity contribution in [1.82, 2.24) is 5.32 Å². The van der Waals surface area contributed by atoms with Gasteiger partial charge in [0.15, 0.2) is 5.78 Å². The lowest BCUT2D eigenvalue weighted by atomic mass is 10.2.